The van der Waals surface area contributed by atoms with Gasteiger partial charge in [0.05, 0.1) is 11.1 Å². The molecule has 0 unspecified atom stereocenters. The molecule has 2 saturated heterocycles. The number of aromatic nitrogens is 3. The Bertz CT molecular complexity index is 1280. The van der Waals surface area contributed by atoms with Gasteiger partial charge in [0, 0.05) is 39.8 Å². The number of nitrogen functional groups attached to an aromatic ring is 1. The summed E-state index contributed by atoms with van der Waals surface area (Å²) in [5.41, 5.74) is 11.5. The van der Waals surface area contributed by atoms with E-state index in [1.165, 1.54) is 12.4 Å². The molecule has 0 radical (unpaired) electrons. The summed E-state index contributed by atoms with van der Waals surface area (Å²) in [6.45, 7) is 7.12. The zero-order valence-electron chi connectivity index (χ0n) is 20.7. The molecule has 2 aliphatic rings. The lowest BCUT2D eigenvalue weighted by atomic mass is 9.86. The summed E-state index contributed by atoms with van der Waals surface area (Å²) in [7, 11) is 2.01. The van der Waals surface area contributed by atoms with Crippen LogP contribution in [0.4, 0.5) is 10.6 Å². The highest BCUT2D eigenvalue weighted by Gasteiger charge is 2.32. The summed E-state index contributed by atoms with van der Waals surface area (Å²) in [6.07, 6.45) is 6.71. The predicted molar refractivity (Wildman–Crippen MR) is 140 cm³/mol. The summed E-state index contributed by atoms with van der Waals surface area (Å²) < 4.78 is 2.10. The number of fused-ring (bicyclic) bond motifs is 1. The van der Waals surface area contributed by atoms with E-state index in [4.69, 9.17) is 5.73 Å². The van der Waals surface area contributed by atoms with Crippen LogP contribution in [0.15, 0.2) is 43.2 Å². The summed E-state index contributed by atoms with van der Waals surface area (Å²) in [5, 5.41) is 3.72. The molecule has 1 aromatic carbocycles. The number of hydrogen-bond donors (Lipinski definition) is 2. The first kappa shape index (κ1) is 23.8. The highest BCUT2D eigenvalue weighted by Crippen LogP contribution is 2.43. The first-order valence-electron chi connectivity index (χ1n) is 12.6. The molecule has 0 saturated carbocycles. The van der Waals surface area contributed by atoms with Crippen LogP contribution in [0.5, 0.6) is 0 Å². The number of carbonyl (C=O) groups excluding carboxylic acids is 2. The SMILES string of the molecule is C=CC(=O)NCc1ccc(-c2c(C3CCN(C(=O)N4CCCC4)CC3)c3c(N)ncnc3n2C)cc1. The number of likely N-dealkylation sites (tertiary alicyclic amines) is 2. The van der Waals surface area contributed by atoms with Gasteiger partial charge in [-0.25, -0.2) is 14.8 Å². The number of nitrogens with zero attached hydrogens (tertiary/aromatic N) is 5. The molecule has 3 amide bonds. The maximum Gasteiger partial charge on any atom is 0.319 e. The van der Waals surface area contributed by atoms with Crippen LogP contribution in [-0.4, -0.2) is 62.5 Å². The highest BCUT2D eigenvalue weighted by molar-refractivity contribution is 5.96. The molecule has 3 N–H and O–H groups in total. The molecular formula is C27H33N7O2. The molecule has 4 heterocycles. The van der Waals surface area contributed by atoms with E-state index < -0.39 is 0 Å². The molecule has 2 aromatic heterocycles. The number of piperidine rings is 1. The van der Waals surface area contributed by atoms with Crippen LogP contribution < -0.4 is 11.1 Å². The van der Waals surface area contributed by atoms with E-state index in [1.54, 1.807) is 0 Å². The second kappa shape index (κ2) is 10.0. The fraction of sp³-hybridized carbons (Fsp3) is 0.407. The van der Waals surface area contributed by atoms with Gasteiger partial charge >= 0.3 is 6.03 Å². The first-order chi connectivity index (χ1) is 17.5. The topological polar surface area (TPSA) is 109 Å². The molecule has 0 bridgehead atoms. The number of carbonyl (C=O) groups is 2. The monoisotopic (exact) mass is 487 g/mol. The third kappa shape index (κ3) is 4.41. The predicted octanol–water partition coefficient (Wildman–Crippen LogP) is 3.41. The standard InChI is InChI=1S/C27H33N7O2/c1-3-21(35)29-16-18-6-8-20(9-7-18)24-22(23-25(28)30-17-31-26(23)32(24)2)19-10-14-34(15-11-19)27(36)33-12-4-5-13-33/h3,6-9,17,19H,1,4-5,10-16H2,2H3,(H,29,35)(H2,28,30,31). The van der Waals surface area contributed by atoms with Crippen molar-refractivity contribution in [3.63, 3.8) is 0 Å². The minimum absolute atomic E-state index is 0.172. The number of nitrogens with two attached hydrogens (primary N) is 1. The Morgan fingerprint density at radius 3 is 2.42 bits per heavy atom. The number of urea groups is 1. The largest absolute Gasteiger partial charge is 0.383 e. The smallest absolute Gasteiger partial charge is 0.319 e. The van der Waals surface area contributed by atoms with Crippen molar-refractivity contribution in [2.75, 3.05) is 31.9 Å². The lowest BCUT2D eigenvalue weighted by Crippen LogP contribution is -2.45. The minimum Gasteiger partial charge on any atom is -0.383 e. The third-order valence-corrected chi connectivity index (χ3v) is 7.46. The van der Waals surface area contributed by atoms with Crippen molar-refractivity contribution in [2.45, 2.75) is 38.1 Å². The second-order valence-corrected chi connectivity index (χ2v) is 9.64. The Labute approximate surface area is 211 Å². The fourth-order valence-corrected chi connectivity index (χ4v) is 5.56. The van der Waals surface area contributed by atoms with Crippen LogP contribution in [0.2, 0.25) is 0 Å². The lowest BCUT2D eigenvalue weighted by molar-refractivity contribution is -0.116. The van der Waals surface area contributed by atoms with Gasteiger partial charge in [0.1, 0.15) is 17.8 Å². The molecule has 0 spiro atoms. The van der Waals surface area contributed by atoms with E-state index in [2.05, 4.69) is 38.6 Å². The molecule has 0 aliphatic carbocycles. The summed E-state index contributed by atoms with van der Waals surface area (Å²) in [4.78, 5) is 37.3. The maximum absolute atomic E-state index is 12.9. The summed E-state index contributed by atoms with van der Waals surface area (Å²) in [6, 6.07) is 8.36. The van der Waals surface area contributed by atoms with Gasteiger partial charge in [0.15, 0.2) is 0 Å². The van der Waals surface area contributed by atoms with Crippen molar-refractivity contribution in [3.05, 3.63) is 54.4 Å². The van der Waals surface area contributed by atoms with Gasteiger partial charge in [-0.1, -0.05) is 30.8 Å². The third-order valence-electron chi connectivity index (χ3n) is 7.46. The Hall–Kier alpha value is -3.88. The van der Waals surface area contributed by atoms with E-state index in [0.717, 1.165) is 85.3 Å². The zero-order chi connectivity index (χ0) is 25.2. The van der Waals surface area contributed by atoms with Crippen molar-refractivity contribution in [1.29, 1.82) is 0 Å². The lowest BCUT2D eigenvalue weighted by Gasteiger charge is -2.35. The molecule has 9 nitrogen and oxygen atoms in total. The van der Waals surface area contributed by atoms with Crippen LogP contribution in [0.1, 0.15) is 42.7 Å². The Kier molecular flexibility index (Phi) is 6.63. The molecule has 0 atom stereocenters. The Morgan fingerprint density at radius 1 is 1.08 bits per heavy atom. The van der Waals surface area contributed by atoms with Crippen LogP contribution in [0, 0.1) is 0 Å². The van der Waals surface area contributed by atoms with Crippen molar-refractivity contribution >= 4 is 28.8 Å². The first-order valence-corrected chi connectivity index (χ1v) is 12.6. The van der Waals surface area contributed by atoms with Gasteiger partial charge in [-0.2, -0.15) is 0 Å². The Morgan fingerprint density at radius 2 is 1.75 bits per heavy atom. The van der Waals surface area contributed by atoms with Gasteiger partial charge in [0.2, 0.25) is 5.91 Å². The molecule has 9 heteroatoms. The number of rotatable bonds is 5. The van der Waals surface area contributed by atoms with E-state index in [1.807, 2.05) is 29.0 Å². The molecule has 2 aliphatic heterocycles. The average molecular weight is 488 g/mol. The zero-order valence-corrected chi connectivity index (χ0v) is 20.7. The molecule has 5 rings (SSSR count). The van der Waals surface area contributed by atoms with Gasteiger partial charge in [-0.05, 0) is 54.4 Å². The molecular weight excluding hydrogens is 454 g/mol. The Balaban J connectivity index is 1.45. The maximum atomic E-state index is 12.9. The molecule has 36 heavy (non-hydrogen) atoms. The van der Waals surface area contributed by atoms with Crippen molar-refractivity contribution in [3.8, 4) is 11.3 Å². The van der Waals surface area contributed by atoms with E-state index >= 15 is 0 Å². The number of amides is 3. The van der Waals surface area contributed by atoms with Crippen molar-refractivity contribution in [1.82, 2.24) is 29.7 Å². The summed E-state index contributed by atoms with van der Waals surface area (Å²) >= 11 is 0. The summed E-state index contributed by atoms with van der Waals surface area (Å²) in [5.74, 6) is 0.529. The number of nitrogens with one attached hydrogen (secondary N) is 1. The number of aryl methyl sites for hydroxylation is 1. The molecule has 3 aromatic rings. The van der Waals surface area contributed by atoms with Crippen LogP contribution in [0.3, 0.4) is 0 Å². The number of benzene rings is 1. The quantitative estimate of drug-likeness (QED) is 0.536. The number of hydrogen-bond acceptors (Lipinski definition) is 5. The van der Waals surface area contributed by atoms with E-state index in [9.17, 15) is 9.59 Å². The van der Waals surface area contributed by atoms with Gasteiger partial charge in [-0.3, -0.25) is 4.79 Å². The van der Waals surface area contributed by atoms with Crippen LogP contribution in [-0.2, 0) is 18.4 Å². The number of anilines is 1. The van der Waals surface area contributed by atoms with E-state index in [-0.39, 0.29) is 17.9 Å². The molecule has 188 valence electrons. The van der Waals surface area contributed by atoms with Crippen LogP contribution in [0.25, 0.3) is 22.3 Å². The molecule has 2 fully saturated rings. The minimum atomic E-state index is -0.196. The van der Waals surface area contributed by atoms with E-state index in [0.29, 0.717) is 12.4 Å². The average Bonchev–Trinajstić information content (AvgIpc) is 3.55. The normalized spacial score (nSPS) is 16.5. The second-order valence-electron chi connectivity index (χ2n) is 9.64. The van der Waals surface area contributed by atoms with Crippen LogP contribution >= 0.6 is 0 Å². The van der Waals surface area contributed by atoms with Gasteiger partial charge < -0.3 is 25.4 Å². The van der Waals surface area contributed by atoms with Crippen molar-refractivity contribution in [2.24, 2.45) is 7.05 Å². The highest BCUT2D eigenvalue weighted by atomic mass is 16.2. The van der Waals surface area contributed by atoms with Crippen molar-refractivity contribution < 1.29 is 9.59 Å². The van der Waals surface area contributed by atoms with Gasteiger partial charge in [0.25, 0.3) is 0 Å². The fourth-order valence-electron chi connectivity index (χ4n) is 5.56. The van der Waals surface area contributed by atoms with Gasteiger partial charge in [-0.15, -0.1) is 0 Å².